The van der Waals surface area contributed by atoms with Crippen LogP contribution in [0.25, 0.3) is 0 Å². The molecule has 0 saturated heterocycles. The second-order valence-electron chi connectivity index (χ2n) is 2.97. The van der Waals surface area contributed by atoms with E-state index in [0.717, 1.165) is 12.0 Å². The molecule has 1 rings (SSSR count). The lowest BCUT2D eigenvalue weighted by atomic mass is 10.2. The zero-order chi connectivity index (χ0) is 9.68. The molecule has 3 heteroatoms. The molecule has 1 aromatic rings. The van der Waals surface area contributed by atoms with Gasteiger partial charge in [0.05, 0.1) is 0 Å². The van der Waals surface area contributed by atoms with Gasteiger partial charge in [0.2, 0.25) is 0 Å². The van der Waals surface area contributed by atoms with Gasteiger partial charge in [-0.25, -0.2) is 0 Å². The maximum absolute atomic E-state index is 11.4. The summed E-state index contributed by atoms with van der Waals surface area (Å²) in [6.45, 7) is 4.66. The van der Waals surface area contributed by atoms with E-state index in [0.29, 0.717) is 12.2 Å². The average Bonchev–Trinajstić information content (AvgIpc) is 2.14. The fourth-order valence-electron chi connectivity index (χ4n) is 0.989. The van der Waals surface area contributed by atoms with Crippen LogP contribution in [0.3, 0.4) is 0 Å². The lowest BCUT2D eigenvalue weighted by Gasteiger charge is -2.02. The minimum atomic E-state index is -0.0921. The molecule has 0 aromatic carbocycles. The van der Waals surface area contributed by atoms with Crippen LogP contribution in [0.15, 0.2) is 18.3 Å². The van der Waals surface area contributed by atoms with E-state index in [1.807, 2.05) is 19.9 Å². The molecule has 0 bridgehead atoms. The molecule has 0 unspecified atom stereocenters. The summed E-state index contributed by atoms with van der Waals surface area (Å²) in [6, 6.07) is 3.65. The van der Waals surface area contributed by atoms with Gasteiger partial charge in [0.25, 0.3) is 5.91 Å². The Bertz CT molecular complexity index is 297. The zero-order valence-electron chi connectivity index (χ0n) is 8.00. The molecular weight excluding hydrogens is 164 g/mol. The molecule has 1 heterocycles. The third-order valence-corrected chi connectivity index (χ3v) is 1.68. The number of amides is 1. The van der Waals surface area contributed by atoms with Crippen molar-refractivity contribution < 1.29 is 4.79 Å². The third kappa shape index (κ3) is 2.86. The summed E-state index contributed by atoms with van der Waals surface area (Å²) in [7, 11) is 0. The van der Waals surface area contributed by atoms with Crippen molar-refractivity contribution in [3.05, 3.63) is 29.6 Å². The van der Waals surface area contributed by atoms with Crippen LogP contribution in [-0.2, 0) is 0 Å². The Morgan fingerprint density at radius 2 is 2.38 bits per heavy atom. The lowest BCUT2D eigenvalue weighted by molar-refractivity contribution is 0.0948. The Morgan fingerprint density at radius 1 is 1.62 bits per heavy atom. The van der Waals surface area contributed by atoms with Crippen molar-refractivity contribution in [1.29, 1.82) is 0 Å². The number of aromatic nitrogens is 1. The first kappa shape index (κ1) is 9.71. The molecule has 3 nitrogen and oxygen atoms in total. The number of carbonyl (C=O) groups excluding carboxylic acids is 1. The van der Waals surface area contributed by atoms with Crippen molar-refractivity contribution in [2.45, 2.75) is 20.3 Å². The summed E-state index contributed by atoms with van der Waals surface area (Å²) in [6.07, 6.45) is 2.59. The van der Waals surface area contributed by atoms with Crippen molar-refractivity contribution in [3.8, 4) is 0 Å². The number of pyridine rings is 1. The highest BCUT2D eigenvalue weighted by Gasteiger charge is 2.04. The van der Waals surface area contributed by atoms with E-state index in [4.69, 9.17) is 0 Å². The van der Waals surface area contributed by atoms with Crippen molar-refractivity contribution >= 4 is 5.91 Å². The van der Waals surface area contributed by atoms with Crippen molar-refractivity contribution in [2.75, 3.05) is 6.54 Å². The van der Waals surface area contributed by atoms with Gasteiger partial charge in [-0.1, -0.05) is 6.92 Å². The summed E-state index contributed by atoms with van der Waals surface area (Å²) in [4.78, 5) is 15.4. The number of rotatable bonds is 3. The first-order valence-corrected chi connectivity index (χ1v) is 4.45. The van der Waals surface area contributed by atoms with E-state index in [9.17, 15) is 4.79 Å². The molecule has 0 aliphatic rings. The van der Waals surface area contributed by atoms with E-state index in [1.165, 1.54) is 0 Å². The molecule has 13 heavy (non-hydrogen) atoms. The zero-order valence-corrected chi connectivity index (χ0v) is 8.00. The molecule has 0 saturated carbocycles. The summed E-state index contributed by atoms with van der Waals surface area (Å²) in [5.74, 6) is -0.0921. The fourth-order valence-corrected chi connectivity index (χ4v) is 0.989. The molecule has 70 valence electrons. The van der Waals surface area contributed by atoms with Gasteiger partial charge in [0, 0.05) is 12.7 Å². The number of carbonyl (C=O) groups is 1. The molecular formula is C10H14N2O. The van der Waals surface area contributed by atoms with Crippen LogP contribution in [0.4, 0.5) is 0 Å². The number of aryl methyl sites for hydroxylation is 1. The summed E-state index contributed by atoms with van der Waals surface area (Å²) in [5.41, 5.74) is 1.55. The SMILES string of the molecule is CCCNC(=O)c1cc(C)ccn1. The van der Waals surface area contributed by atoms with Crippen LogP contribution in [-0.4, -0.2) is 17.4 Å². The first-order valence-electron chi connectivity index (χ1n) is 4.45. The minimum Gasteiger partial charge on any atom is -0.351 e. The maximum atomic E-state index is 11.4. The molecule has 1 N–H and O–H groups in total. The van der Waals surface area contributed by atoms with Crippen LogP contribution in [0.1, 0.15) is 29.4 Å². The van der Waals surface area contributed by atoms with Crippen LogP contribution in [0.2, 0.25) is 0 Å². The summed E-state index contributed by atoms with van der Waals surface area (Å²) < 4.78 is 0. The number of nitrogens with one attached hydrogen (secondary N) is 1. The smallest absolute Gasteiger partial charge is 0.269 e. The van der Waals surface area contributed by atoms with Gasteiger partial charge in [-0.15, -0.1) is 0 Å². The van der Waals surface area contributed by atoms with Gasteiger partial charge >= 0.3 is 0 Å². The van der Waals surface area contributed by atoms with E-state index < -0.39 is 0 Å². The molecule has 0 aliphatic heterocycles. The highest BCUT2D eigenvalue weighted by Crippen LogP contribution is 1.99. The monoisotopic (exact) mass is 178 g/mol. The number of hydrogen-bond donors (Lipinski definition) is 1. The Morgan fingerprint density at radius 3 is 3.00 bits per heavy atom. The molecule has 1 amide bonds. The quantitative estimate of drug-likeness (QED) is 0.762. The third-order valence-electron chi connectivity index (χ3n) is 1.68. The van der Waals surface area contributed by atoms with Crippen LogP contribution < -0.4 is 5.32 Å². The van der Waals surface area contributed by atoms with Gasteiger partial charge in [-0.05, 0) is 31.0 Å². The molecule has 1 aromatic heterocycles. The van der Waals surface area contributed by atoms with Crippen LogP contribution >= 0.6 is 0 Å². The van der Waals surface area contributed by atoms with Crippen molar-refractivity contribution in [1.82, 2.24) is 10.3 Å². The standard InChI is InChI=1S/C10H14N2O/c1-3-5-12-10(13)9-7-8(2)4-6-11-9/h4,6-7H,3,5H2,1-2H3,(H,12,13). The largest absolute Gasteiger partial charge is 0.351 e. The van der Waals surface area contributed by atoms with Crippen molar-refractivity contribution in [3.63, 3.8) is 0 Å². The molecule has 0 fully saturated rings. The second kappa shape index (κ2) is 4.60. The van der Waals surface area contributed by atoms with Gasteiger partial charge < -0.3 is 5.32 Å². The van der Waals surface area contributed by atoms with Gasteiger partial charge in [0.1, 0.15) is 5.69 Å². The second-order valence-corrected chi connectivity index (χ2v) is 2.97. The normalized spacial score (nSPS) is 9.69. The van der Waals surface area contributed by atoms with Crippen molar-refractivity contribution in [2.24, 2.45) is 0 Å². The molecule has 0 spiro atoms. The Labute approximate surface area is 78.2 Å². The Kier molecular flexibility index (Phi) is 3.43. The van der Waals surface area contributed by atoms with E-state index >= 15 is 0 Å². The van der Waals surface area contributed by atoms with Gasteiger partial charge in [-0.3, -0.25) is 9.78 Å². The highest BCUT2D eigenvalue weighted by molar-refractivity contribution is 5.92. The summed E-state index contributed by atoms with van der Waals surface area (Å²) in [5, 5.41) is 2.77. The van der Waals surface area contributed by atoms with E-state index in [1.54, 1.807) is 12.3 Å². The molecule has 0 atom stereocenters. The predicted octanol–water partition coefficient (Wildman–Crippen LogP) is 1.53. The predicted molar refractivity (Wildman–Crippen MR) is 51.6 cm³/mol. The first-order chi connectivity index (χ1) is 6.24. The lowest BCUT2D eigenvalue weighted by Crippen LogP contribution is -2.24. The van der Waals surface area contributed by atoms with Gasteiger partial charge in [-0.2, -0.15) is 0 Å². The topological polar surface area (TPSA) is 42.0 Å². The number of nitrogens with zero attached hydrogens (tertiary/aromatic N) is 1. The highest BCUT2D eigenvalue weighted by atomic mass is 16.1. The van der Waals surface area contributed by atoms with E-state index in [2.05, 4.69) is 10.3 Å². The van der Waals surface area contributed by atoms with Crippen LogP contribution in [0, 0.1) is 6.92 Å². The Balaban J connectivity index is 2.66. The van der Waals surface area contributed by atoms with Crippen LogP contribution in [0.5, 0.6) is 0 Å². The van der Waals surface area contributed by atoms with E-state index in [-0.39, 0.29) is 5.91 Å². The average molecular weight is 178 g/mol. The fraction of sp³-hybridized carbons (Fsp3) is 0.400. The minimum absolute atomic E-state index is 0.0921. The van der Waals surface area contributed by atoms with Gasteiger partial charge in [0.15, 0.2) is 0 Å². The summed E-state index contributed by atoms with van der Waals surface area (Å²) >= 11 is 0. The molecule has 0 aliphatic carbocycles. The maximum Gasteiger partial charge on any atom is 0.269 e. The number of hydrogen-bond acceptors (Lipinski definition) is 2. The molecule has 0 radical (unpaired) electrons. The Hall–Kier alpha value is -1.38.